The molecule has 2 aliphatic rings. The first-order chi connectivity index (χ1) is 5.67. The Hall–Kier alpha value is -0.0800. The summed E-state index contributed by atoms with van der Waals surface area (Å²) >= 11 is 0. The van der Waals surface area contributed by atoms with Crippen molar-refractivity contribution in [3.8, 4) is 0 Å². The van der Waals surface area contributed by atoms with Gasteiger partial charge in [0.1, 0.15) is 0 Å². The van der Waals surface area contributed by atoms with E-state index in [1.165, 1.54) is 19.3 Å². The van der Waals surface area contributed by atoms with Crippen LogP contribution in [0.15, 0.2) is 0 Å². The zero-order valence-electron chi connectivity index (χ0n) is 8.10. The standard InChI is InChI=1S/C10H19NO/c1-10(2)4-3-9-8(7-10)11-5-6-12-9/h8-9,11H,3-7H2,1-2H3. The summed E-state index contributed by atoms with van der Waals surface area (Å²) < 4.78 is 5.71. The maximum absolute atomic E-state index is 5.71. The second-order valence-electron chi connectivity index (χ2n) is 4.88. The number of rotatable bonds is 0. The van der Waals surface area contributed by atoms with E-state index in [1.807, 2.05) is 0 Å². The first kappa shape index (κ1) is 8.52. The van der Waals surface area contributed by atoms with Gasteiger partial charge in [-0.3, -0.25) is 0 Å². The molecule has 1 saturated carbocycles. The minimum atomic E-state index is 0.506. The van der Waals surface area contributed by atoms with Crippen molar-refractivity contribution in [2.45, 2.75) is 45.3 Å². The van der Waals surface area contributed by atoms with Crippen LogP contribution in [0.4, 0.5) is 0 Å². The maximum atomic E-state index is 5.71. The predicted molar refractivity (Wildman–Crippen MR) is 49.2 cm³/mol. The van der Waals surface area contributed by atoms with Crippen molar-refractivity contribution in [1.82, 2.24) is 5.32 Å². The zero-order chi connectivity index (χ0) is 8.60. The van der Waals surface area contributed by atoms with Crippen LogP contribution < -0.4 is 5.32 Å². The molecule has 1 heterocycles. The van der Waals surface area contributed by atoms with Gasteiger partial charge in [-0.05, 0) is 24.7 Å². The van der Waals surface area contributed by atoms with E-state index in [2.05, 4.69) is 19.2 Å². The molecule has 0 spiro atoms. The van der Waals surface area contributed by atoms with Crippen LogP contribution in [-0.2, 0) is 4.74 Å². The van der Waals surface area contributed by atoms with E-state index >= 15 is 0 Å². The van der Waals surface area contributed by atoms with E-state index in [0.29, 0.717) is 17.6 Å². The second kappa shape index (κ2) is 3.00. The van der Waals surface area contributed by atoms with Gasteiger partial charge in [-0.2, -0.15) is 0 Å². The Morgan fingerprint density at radius 1 is 1.42 bits per heavy atom. The number of fused-ring (bicyclic) bond motifs is 1. The highest BCUT2D eigenvalue weighted by Gasteiger charge is 2.36. The highest BCUT2D eigenvalue weighted by atomic mass is 16.5. The molecule has 12 heavy (non-hydrogen) atoms. The van der Waals surface area contributed by atoms with Gasteiger partial charge in [0.2, 0.25) is 0 Å². The molecule has 2 nitrogen and oxygen atoms in total. The lowest BCUT2D eigenvalue weighted by Gasteiger charge is -2.43. The van der Waals surface area contributed by atoms with E-state index in [0.717, 1.165) is 13.2 Å². The predicted octanol–water partition coefficient (Wildman–Crippen LogP) is 1.55. The Labute approximate surface area is 74.7 Å². The van der Waals surface area contributed by atoms with Crippen LogP contribution in [-0.4, -0.2) is 25.3 Å². The second-order valence-corrected chi connectivity index (χ2v) is 4.88. The first-order valence-electron chi connectivity index (χ1n) is 5.02. The smallest absolute Gasteiger partial charge is 0.0729 e. The Bertz CT molecular complexity index is 167. The molecular formula is C10H19NO. The highest BCUT2D eigenvalue weighted by Crippen LogP contribution is 2.37. The quantitative estimate of drug-likeness (QED) is 0.594. The highest BCUT2D eigenvalue weighted by molar-refractivity contribution is 4.91. The first-order valence-corrected chi connectivity index (χ1v) is 5.02. The van der Waals surface area contributed by atoms with E-state index in [-0.39, 0.29) is 0 Å². The maximum Gasteiger partial charge on any atom is 0.0729 e. The molecule has 2 fully saturated rings. The topological polar surface area (TPSA) is 21.3 Å². The van der Waals surface area contributed by atoms with Gasteiger partial charge in [0, 0.05) is 12.6 Å². The van der Waals surface area contributed by atoms with Crippen molar-refractivity contribution in [1.29, 1.82) is 0 Å². The molecule has 1 aliphatic carbocycles. The molecule has 0 amide bonds. The van der Waals surface area contributed by atoms with Crippen LogP contribution in [0.2, 0.25) is 0 Å². The van der Waals surface area contributed by atoms with Crippen molar-refractivity contribution in [2.75, 3.05) is 13.2 Å². The molecule has 0 aromatic carbocycles. The molecular weight excluding hydrogens is 150 g/mol. The minimum absolute atomic E-state index is 0.506. The molecule has 1 aliphatic heterocycles. The summed E-state index contributed by atoms with van der Waals surface area (Å²) in [4.78, 5) is 0. The summed E-state index contributed by atoms with van der Waals surface area (Å²) in [7, 11) is 0. The van der Waals surface area contributed by atoms with Gasteiger partial charge in [-0.25, -0.2) is 0 Å². The molecule has 1 saturated heterocycles. The molecule has 2 heteroatoms. The minimum Gasteiger partial charge on any atom is -0.375 e. The Morgan fingerprint density at radius 2 is 2.25 bits per heavy atom. The van der Waals surface area contributed by atoms with Gasteiger partial charge >= 0.3 is 0 Å². The summed E-state index contributed by atoms with van der Waals surface area (Å²) in [6.07, 6.45) is 4.34. The molecule has 2 rings (SSSR count). The van der Waals surface area contributed by atoms with Gasteiger partial charge in [0.05, 0.1) is 12.7 Å². The SMILES string of the molecule is CC1(C)CCC2OCCNC2C1. The Kier molecular flexibility index (Phi) is 2.13. The molecule has 0 radical (unpaired) electrons. The summed E-state index contributed by atoms with van der Waals surface area (Å²) in [6.45, 7) is 6.66. The summed E-state index contributed by atoms with van der Waals surface area (Å²) in [5.74, 6) is 0. The van der Waals surface area contributed by atoms with E-state index < -0.39 is 0 Å². The Morgan fingerprint density at radius 3 is 3.08 bits per heavy atom. The van der Waals surface area contributed by atoms with E-state index in [9.17, 15) is 0 Å². The average molecular weight is 169 g/mol. The lowest BCUT2D eigenvalue weighted by Crippen LogP contribution is -2.52. The lowest BCUT2D eigenvalue weighted by molar-refractivity contribution is -0.0470. The van der Waals surface area contributed by atoms with E-state index in [4.69, 9.17) is 4.74 Å². The van der Waals surface area contributed by atoms with Crippen molar-refractivity contribution in [3.05, 3.63) is 0 Å². The molecule has 70 valence electrons. The van der Waals surface area contributed by atoms with Crippen LogP contribution in [0, 0.1) is 5.41 Å². The van der Waals surface area contributed by atoms with Gasteiger partial charge in [0.25, 0.3) is 0 Å². The van der Waals surface area contributed by atoms with Gasteiger partial charge in [-0.1, -0.05) is 13.8 Å². The van der Waals surface area contributed by atoms with Crippen LogP contribution >= 0.6 is 0 Å². The normalized spacial score (nSPS) is 40.5. The van der Waals surface area contributed by atoms with Crippen molar-refractivity contribution in [2.24, 2.45) is 5.41 Å². The van der Waals surface area contributed by atoms with Crippen LogP contribution in [0.5, 0.6) is 0 Å². The molecule has 0 aromatic rings. The fraction of sp³-hybridized carbons (Fsp3) is 1.00. The number of hydrogen-bond donors (Lipinski definition) is 1. The monoisotopic (exact) mass is 169 g/mol. The third-order valence-electron chi connectivity index (χ3n) is 3.17. The van der Waals surface area contributed by atoms with Crippen molar-refractivity contribution >= 4 is 0 Å². The summed E-state index contributed by atoms with van der Waals surface area (Å²) in [5, 5.41) is 3.55. The number of morpholine rings is 1. The van der Waals surface area contributed by atoms with Gasteiger partial charge in [0.15, 0.2) is 0 Å². The molecule has 0 bridgehead atoms. The number of nitrogens with one attached hydrogen (secondary N) is 1. The third kappa shape index (κ3) is 1.64. The van der Waals surface area contributed by atoms with Crippen LogP contribution in [0.3, 0.4) is 0 Å². The molecule has 2 atom stereocenters. The number of ether oxygens (including phenoxy) is 1. The van der Waals surface area contributed by atoms with Crippen LogP contribution in [0.1, 0.15) is 33.1 Å². The van der Waals surface area contributed by atoms with Crippen LogP contribution in [0.25, 0.3) is 0 Å². The third-order valence-corrected chi connectivity index (χ3v) is 3.17. The van der Waals surface area contributed by atoms with Crippen molar-refractivity contribution in [3.63, 3.8) is 0 Å². The zero-order valence-corrected chi connectivity index (χ0v) is 8.10. The number of hydrogen-bond acceptors (Lipinski definition) is 2. The fourth-order valence-corrected chi connectivity index (χ4v) is 2.42. The lowest BCUT2D eigenvalue weighted by atomic mass is 9.73. The largest absolute Gasteiger partial charge is 0.375 e. The average Bonchev–Trinajstić information content (AvgIpc) is 2.02. The van der Waals surface area contributed by atoms with E-state index in [1.54, 1.807) is 0 Å². The van der Waals surface area contributed by atoms with Crippen molar-refractivity contribution < 1.29 is 4.74 Å². The molecule has 2 unspecified atom stereocenters. The Balaban J connectivity index is 1.99. The molecule has 0 aromatic heterocycles. The van der Waals surface area contributed by atoms with Gasteiger partial charge in [-0.15, -0.1) is 0 Å². The summed E-state index contributed by atoms with van der Waals surface area (Å²) in [6, 6.07) is 0.627. The summed E-state index contributed by atoms with van der Waals surface area (Å²) in [5.41, 5.74) is 0.523. The van der Waals surface area contributed by atoms with Gasteiger partial charge < -0.3 is 10.1 Å². The fourth-order valence-electron chi connectivity index (χ4n) is 2.42. The molecule has 1 N–H and O–H groups in total.